The monoisotopic (exact) mass is 406 g/mol. The van der Waals surface area contributed by atoms with Crippen molar-refractivity contribution in [2.45, 2.75) is 19.4 Å². The van der Waals surface area contributed by atoms with E-state index in [1.807, 2.05) is 49.5 Å². The fraction of sp³-hybridized carbons (Fsp3) is 0.348. The van der Waals surface area contributed by atoms with Crippen molar-refractivity contribution < 1.29 is 13.9 Å². The van der Waals surface area contributed by atoms with Crippen molar-refractivity contribution >= 4 is 11.6 Å². The third-order valence-electron chi connectivity index (χ3n) is 5.22. The van der Waals surface area contributed by atoms with Gasteiger partial charge in [0, 0.05) is 50.8 Å². The average molecular weight is 406 g/mol. The van der Waals surface area contributed by atoms with Gasteiger partial charge in [-0.3, -0.25) is 4.79 Å². The van der Waals surface area contributed by atoms with Crippen LogP contribution in [-0.2, 0) is 22.5 Å². The molecule has 4 rings (SSSR count). The summed E-state index contributed by atoms with van der Waals surface area (Å²) in [5.41, 5.74) is 3.18. The summed E-state index contributed by atoms with van der Waals surface area (Å²) >= 11 is 0. The molecule has 2 heterocycles. The van der Waals surface area contributed by atoms with Gasteiger partial charge in [0.2, 0.25) is 17.7 Å². The third-order valence-corrected chi connectivity index (χ3v) is 5.22. The van der Waals surface area contributed by atoms with E-state index in [4.69, 9.17) is 9.15 Å². The lowest BCUT2D eigenvalue weighted by Crippen LogP contribution is -2.37. The second-order valence-corrected chi connectivity index (χ2v) is 7.34. The highest BCUT2D eigenvalue weighted by Crippen LogP contribution is 2.23. The van der Waals surface area contributed by atoms with Crippen LogP contribution in [0.1, 0.15) is 17.9 Å². The number of rotatable bonds is 7. The fourth-order valence-electron chi connectivity index (χ4n) is 3.56. The lowest BCUT2D eigenvalue weighted by atomic mass is 10.1. The molecule has 7 nitrogen and oxygen atoms in total. The molecule has 3 aromatic rings. The fourth-order valence-corrected chi connectivity index (χ4v) is 3.56. The van der Waals surface area contributed by atoms with Crippen LogP contribution in [0.5, 0.6) is 0 Å². The van der Waals surface area contributed by atoms with E-state index in [-0.39, 0.29) is 5.91 Å². The average Bonchev–Trinajstić information content (AvgIpc) is 3.28. The molecule has 0 N–H and O–H groups in total. The minimum atomic E-state index is 0.0474. The van der Waals surface area contributed by atoms with Crippen LogP contribution in [0.2, 0.25) is 0 Å². The van der Waals surface area contributed by atoms with E-state index < -0.39 is 0 Å². The summed E-state index contributed by atoms with van der Waals surface area (Å²) in [7, 11) is 1.83. The van der Waals surface area contributed by atoms with E-state index >= 15 is 0 Å². The Balaban J connectivity index is 1.34. The first-order valence-corrected chi connectivity index (χ1v) is 10.2. The van der Waals surface area contributed by atoms with Gasteiger partial charge in [0.25, 0.3) is 0 Å². The number of aromatic nitrogens is 2. The van der Waals surface area contributed by atoms with Crippen LogP contribution in [0, 0.1) is 0 Å². The van der Waals surface area contributed by atoms with E-state index in [0.717, 1.165) is 37.4 Å². The number of amides is 1. The highest BCUT2D eigenvalue weighted by atomic mass is 16.5. The van der Waals surface area contributed by atoms with Gasteiger partial charge < -0.3 is 19.0 Å². The Morgan fingerprint density at radius 2 is 1.77 bits per heavy atom. The van der Waals surface area contributed by atoms with Crippen LogP contribution < -0.4 is 4.90 Å². The molecule has 30 heavy (non-hydrogen) atoms. The Bertz CT molecular complexity index is 967. The van der Waals surface area contributed by atoms with Crippen LogP contribution in [0.15, 0.2) is 59.0 Å². The summed E-state index contributed by atoms with van der Waals surface area (Å²) in [6.45, 7) is 3.77. The summed E-state index contributed by atoms with van der Waals surface area (Å²) in [5, 5.41) is 8.16. The van der Waals surface area contributed by atoms with Gasteiger partial charge in [-0.2, -0.15) is 0 Å². The number of ether oxygens (including phenoxy) is 1. The Morgan fingerprint density at radius 1 is 1.03 bits per heavy atom. The Kier molecular flexibility index (Phi) is 6.39. The molecular formula is C23H26N4O3. The van der Waals surface area contributed by atoms with Gasteiger partial charge >= 0.3 is 0 Å². The first kappa shape index (κ1) is 20.1. The molecule has 1 aliphatic heterocycles. The van der Waals surface area contributed by atoms with Crippen LogP contribution in [0.4, 0.5) is 5.69 Å². The molecule has 0 spiro atoms. The summed E-state index contributed by atoms with van der Waals surface area (Å²) in [6.07, 6.45) is 0.751. The van der Waals surface area contributed by atoms with Crippen molar-refractivity contribution in [3.63, 3.8) is 0 Å². The summed E-state index contributed by atoms with van der Waals surface area (Å²) < 4.78 is 11.2. The molecular weight excluding hydrogens is 380 g/mol. The number of hydrogen-bond acceptors (Lipinski definition) is 6. The molecule has 0 bridgehead atoms. The maximum atomic E-state index is 12.7. The highest BCUT2D eigenvalue weighted by molar-refractivity contribution is 5.76. The van der Waals surface area contributed by atoms with Crippen molar-refractivity contribution in [2.24, 2.45) is 0 Å². The van der Waals surface area contributed by atoms with Gasteiger partial charge in [0.1, 0.15) is 0 Å². The van der Waals surface area contributed by atoms with Crippen molar-refractivity contribution in [1.82, 2.24) is 15.1 Å². The molecule has 7 heteroatoms. The van der Waals surface area contributed by atoms with E-state index in [0.29, 0.717) is 31.2 Å². The predicted molar refractivity (Wildman–Crippen MR) is 114 cm³/mol. The number of para-hydroxylation sites is 1. The number of carbonyl (C=O) groups is 1. The van der Waals surface area contributed by atoms with Gasteiger partial charge in [0.05, 0.1) is 13.2 Å². The second-order valence-electron chi connectivity index (χ2n) is 7.34. The van der Waals surface area contributed by atoms with Crippen molar-refractivity contribution in [2.75, 3.05) is 38.3 Å². The largest absolute Gasteiger partial charge is 0.421 e. The van der Waals surface area contributed by atoms with E-state index in [2.05, 4.69) is 27.2 Å². The minimum absolute atomic E-state index is 0.0474. The van der Waals surface area contributed by atoms with Gasteiger partial charge in [0.15, 0.2) is 0 Å². The second kappa shape index (κ2) is 9.54. The summed E-state index contributed by atoms with van der Waals surface area (Å²) in [5.74, 6) is 1.00. The number of benzene rings is 2. The SMILES string of the molecule is CN(Cc1ccccc1N1CCOCC1)C(=O)CCc1nnc(-c2ccccc2)o1. The number of aryl methyl sites for hydroxylation is 1. The van der Waals surface area contributed by atoms with Crippen LogP contribution in [-0.4, -0.2) is 54.4 Å². The minimum Gasteiger partial charge on any atom is -0.421 e. The maximum Gasteiger partial charge on any atom is 0.247 e. The molecule has 0 aliphatic carbocycles. The number of anilines is 1. The van der Waals surface area contributed by atoms with Crippen molar-refractivity contribution in [3.05, 3.63) is 66.1 Å². The zero-order valence-corrected chi connectivity index (χ0v) is 17.2. The lowest BCUT2D eigenvalue weighted by molar-refractivity contribution is -0.130. The van der Waals surface area contributed by atoms with Crippen LogP contribution in [0.3, 0.4) is 0 Å². The molecule has 1 aliphatic rings. The third kappa shape index (κ3) is 4.86. The Hall–Kier alpha value is -3.19. The quantitative estimate of drug-likeness (QED) is 0.600. The molecule has 156 valence electrons. The zero-order valence-electron chi connectivity index (χ0n) is 17.2. The number of carbonyl (C=O) groups excluding carboxylic acids is 1. The topological polar surface area (TPSA) is 71.7 Å². The molecule has 1 fully saturated rings. The van der Waals surface area contributed by atoms with E-state index in [1.54, 1.807) is 4.90 Å². The van der Waals surface area contributed by atoms with Crippen molar-refractivity contribution in [3.8, 4) is 11.5 Å². The normalized spacial score (nSPS) is 14.0. The van der Waals surface area contributed by atoms with E-state index in [9.17, 15) is 4.79 Å². The first-order chi connectivity index (χ1) is 14.7. The Labute approximate surface area is 176 Å². The van der Waals surface area contributed by atoms with Crippen LogP contribution >= 0.6 is 0 Å². The molecule has 1 aromatic heterocycles. The highest BCUT2D eigenvalue weighted by Gasteiger charge is 2.18. The van der Waals surface area contributed by atoms with Crippen molar-refractivity contribution in [1.29, 1.82) is 0 Å². The number of nitrogens with zero attached hydrogens (tertiary/aromatic N) is 4. The predicted octanol–water partition coefficient (Wildman–Crippen LogP) is 3.16. The molecule has 0 unspecified atom stereocenters. The standard InChI is InChI=1S/C23H26N4O3/c1-26(17-19-9-5-6-10-20(19)27-13-15-29-16-14-27)22(28)12-11-21-24-25-23(30-21)18-7-3-2-4-8-18/h2-10H,11-17H2,1H3. The molecule has 2 aromatic carbocycles. The molecule has 0 atom stereocenters. The van der Waals surface area contributed by atoms with E-state index in [1.165, 1.54) is 5.69 Å². The number of hydrogen-bond donors (Lipinski definition) is 0. The lowest BCUT2D eigenvalue weighted by Gasteiger charge is -2.31. The maximum absolute atomic E-state index is 12.7. The summed E-state index contributed by atoms with van der Waals surface area (Å²) in [4.78, 5) is 16.8. The molecule has 1 amide bonds. The number of morpholine rings is 1. The Morgan fingerprint density at radius 3 is 2.57 bits per heavy atom. The molecule has 0 radical (unpaired) electrons. The smallest absolute Gasteiger partial charge is 0.247 e. The molecule has 0 saturated carbocycles. The van der Waals surface area contributed by atoms with Gasteiger partial charge in [-0.1, -0.05) is 36.4 Å². The molecule has 1 saturated heterocycles. The van der Waals surface area contributed by atoms with Gasteiger partial charge in [-0.25, -0.2) is 0 Å². The van der Waals surface area contributed by atoms with Gasteiger partial charge in [-0.15, -0.1) is 10.2 Å². The zero-order chi connectivity index (χ0) is 20.8. The summed E-state index contributed by atoms with van der Waals surface area (Å²) in [6, 6.07) is 17.9. The van der Waals surface area contributed by atoms with Gasteiger partial charge in [-0.05, 0) is 23.8 Å². The van der Waals surface area contributed by atoms with Crippen LogP contribution in [0.25, 0.3) is 11.5 Å². The first-order valence-electron chi connectivity index (χ1n) is 10.2.